The first kappa shape index (κ1) is 26.0. The molecule has 1 aliphatic heterocycles. The first-order chi connectivity index (χ1) is 18.8. The Balaban J connectivity index is 1.02. The Morgan fingerprint density at radius 2 is 1.90 bits per heavy atom. The number of allylic oxidation sites excluding steroid dienone is 1. The van der Waals surface area contributed by atoms with Gasteiger partial charge < -0.3 is 14.3 Å². The summed E-state index contributed by atoms with van der Waals surface area (Å²) in [6.07, 6.45) is 13.4. The predicted molar refractivity (Wildman–Crippen MR) is 152 cm³/mol. The van der Waals surface area contributed by atoms with Gasteiger partial charge in [0.15, 0.2) is 0 Å². The molecule has 11 atom stereocenters. The second-order valence-electron chi connectivity index (χ2n) is 14.3. The van der Waals surface area contributed by atoms with Crippen LogP contribution in [-0.2, 0) is 4.74 Å². The summed E-state index contributed by atoms with van der Waals surface area (Å²) in [5, 5.41) is 19.0. The average molecular weight is 531 g/mol. The molecule has 7 rings (SSSR count). The zero-order valence-corrected chi connectivity index (χ0v) is 24.2. The number of hydrogen-bond acceptors (Lipinski definition) is 5. The van der Waals surface area contributed by atoms with Crippen LogP contribution in [0.2, 0.25) is 0 Å². The van der Waals surface area contributed by atoms with E-state index in [0.717, 1.165) is 61.3 Å². The lowest BCUT2D eigenvalue weighted by Gasteiger charge is -2.58. The number of hydrogen-bond donors (Lipinski definition) is 1. The molecule has 210 valence electrons. The zero-order valence-electron chi connectivity index (χ0n) is 24.2. The Hall–Kier alpha value is -1.98. The van der Waals surface area contributed by atoms with Crippen molar-refractivity contribution in [1.82, 2.24) is 10.2 Å². The van der Waals surface area contributed by atoms with E-state index in [0.29, 0.717) is 40.8 Å². The highest BCUT2D eigenvalue weighted by Crippen LogP contribution is 2.69. The van der Waals surface area contributed by atoms with Crippen molar-refractivity contribution in [2.24, 2.45) is 40.4 Å². The second-order valence-corrected chi connectivity index (χ2v) is 14.3. The van der Waals surface area contributed by atoms with Gasteiger partial charge in [-0.3, -0.25) is 0 Å². The maximum absolute atomic E-state index is 10.3. The highest BCUT2D eigenvalue weighted by Gasteiger charge is 2.64. The van der Waals surface area contributed by atoms with Crippen molar-refractivity contribution in [3.63, 3.8) is 0 Å². The molecule has 0 amide bonds. The molecule has 4 aliphatic carbocycles. The third-order valence-electron chi connectivity index (χ3n) is 12.4. The van der Waals surface area contributed by atoms with Crippen molar-refractivity contribution < 1.29 is 14.3 Å². The molecule has 2 heterocycles. The molecule has 39 heavy (non-hydrogen) atoms. The summed E-state index contributed by atoms with van der Waals surface area (Å²) in [6.45, 7) is 9.83. The molecule has 5 nitrogen and oxygen atoms in total. The second kappa shape index (κ2) is 9.55. The minimum absolute atomic E-state index is 0.125. The van der Waals surface area contributed by atoms with Gasteiger partial charge in [-0.2, -0.15) is 0 Å². The van der Waals surface area contributed by atoms with Crippen LogP contribution in [0.3, 0.4) is 0 Å². The highest BCUT2D eigenvalue weighted by atomic mass is 16.5. The van der Waals surface area contributed by atoms with Crippen LogP contribution < -0.4 is 0 Å². The summed E-state index contributed by atoms with van der Waals surface area (Å²) in [5.41, 5.74) is 3.24. The maximum Gasteiger partial charge on any atom is 0.247 e. The molecule has 1 N–H and O–H groups in total. The Kier molecular flexibility index (Phi) is 6.35. The van der Waals surface area contributed by atoms with Crippen LogP contribution in [-0.4, -0.2) is 33.6 Å². The van der Waals surface area contributed by atoms with E-state index in [-0.39, 0.29) is 12.0 Å². The van der Waals surface area contributed by atoms with Gasteiger partial charge in [-0.15, -0.1) is 10.2 Å². The van der Waals surface area contributed by atoms with Crippen LogP contribution in [0.15, 0.2) is 46.4 Å². The fraction of sp³-hybridized carbons (Fsp3) is 0.706. The summed E-state index contributed by atoms with van der Waals surface area (Å²) in [7, 11) is 0. The lowest BCUT2D eigenvalue weighted by molar-refractivity contribution is -0.0589. The van der Waals surface area contributed by atoms with Crippen LogP contribution in [0.5, 0.6) is 0 Å². The van der Waals surface area contributed by atoms with E-state index < -0.39 is 0 Å². The number of ether oxygens (including phenoxy) is 1. The lowest BCUT2D eigenvalue weighted by atomic mass is 9.47. The van der Waals surface area contributed by atoms with Crippen LogP contribution >= 0.6 is 0 Å². The van der Waals surface area contributed by atoms with E-state index in [4.69, 9.17) is 9.15 Å². The van der Waals surface area contributed by atoms with Gasteiger partial charge in [0.1, 0.15) is 0 Å². The minimum atomic E-state index is -0.125. The van der Waals surface area contributed by atoms with Gasteiger partial charge in [-0.1, -0.05) is 57.5 Å². The van der Waals surface area contributed by atoms with E-state index in [1.54, 1.807) is 5.57 Å². The third-order valence-corrected chi connectivity index (χ3v) is 12.4. The van der Waals surface area contributed by atoms with Crippen LogP contribution in [0.1, 0.15) is 97.3 Å². The summed E-state index contributed by atoms with van der Waals surface area (Å²) in [6, 6.07) is 10.0. The van der Waals surface area contributed by atoms with Crippen molar-refractivity contribution in [2.45, 2.75) is 110 Å². The van der Waals surface area contributed by atoms with Gasteiger partial charge in [0.05, 0.1) is 18.3 Å². The van der Waals surface area contributed by atoms with Crippen molar-refractivity contribution in [3.8, 4) is 11.5 Å². The maximum atomic E-state index is 10.3. The first-order valence-electron chi connectivity index (χ1n) is 15.7. The normalized spacial score (nSPS) is 43.7. The van der Waals surface area contributed by atoms with Gasteiger partial charge in [-0.05, 0) is 110 Å². The topological polar surface area (TPSA) is 68.4 Å². The Morgan fingerprint density at radius 1 is 1.08 bits per heavy atom. The van der Waals surface area contributed by atoms with Gasteiger partial charge >= 0.3 is 0 Å². The monoisotopic (exact) mass is 530 g/mol. The summed E-state index contributed by atoms with van der Waals surface area (Å²) in [5.74, 6) is 5.16. The molecule has 0 unspecified atom stereocenters. The van der Waals surface area contributed by atoms with Crippen molar-refractivity contribution in [2.75, 3.05) is 0 Å². The smallest absolute Gasteiger partial charge is 0.247 e. The van der Waals surface area contributed by atoms with Crippen molar-refractivity contribution in [3.05, 3.63) is 47.9 Å². The molecular formula is C34H46N2O3. The molecule has 5 heteroatoms. The van der Waals surface area contributed by atoms with Gasteiger partial charge in [-0.25, -0.2) is 0 Å². The molecule has 1 aromatic carbocycles. The number of nitrogens with zero attached hydrogens (tertiary/aromatic N) is 2. The fourth-order valence-corrected chi connectivity index (χ4v) is 10.3. The fourth-order valence-electron chi connectivity index (χ4n) is 10.3. The van der Waals surface area contributed by atoms with Gasteiger partial charge in [0.25, 0.3) is 0 Å². The molecule has 0 bridgehead atoms. The molecule has 1 saturated heterocycles. The van der Waals surface area contributed by atoms with Crippen molar-refractivity contribution >= 4 is 0 Å². The van der Waals surface area contributed by atoms with Gasteiger partial charge in [0.2, 0.25) is 11.8 Å². The average Bonchev–Trinajstić information content (AvgIpc) is 3.62. The summed E-state index contributed by atoms with van der Waals surface area (Å²) < 4.78 is 13.0. The molecule has 4 fully saturated rings. The van der Waals surface area contributed by atoms with Crippen LogP contribution in [0.25, 0.3) is 11.5 Å². The van der Waals surface area contributed by atoms with E-state index in [1.165, 1.54) is 25.7 Å². The van der Waals surface area contributed by atoms with E-state index in [1.807, 2.05) is 30.3 Å². The molecule has 3 saturated carbocycles. The van der Waals surface area contributed by atoms with E-state index >= 15 is 0 Å². The Morgan fingerprint density at radius 3 is 2.72 bits per heavy atom. The Bertz CT molecular complexity index is 1220. The largest absolute Gasteiger partial charge is 0.420 e. The summed E-state index contributed by atoms with van der Waals surface area (Å²) >= 11 is 0. The standard InChI is InChI=1S/C34H46N2O3/c1-20(31-35-36-32(39-31)22-8-6-5-7-9-22)10-13-28-21(2)30-29(38-28)19-27-25-12-11-23-18-24(37)14-16-33(23,3)26(25)15-17-34(27,30)4/h5-9,11,20-21,24-30,37H,10,12-19H2,1-4H3/t20-,21-,24+,25-,26+,27+,28-,29+,30+,33+,34+/m1/s1. The van der Waals surface area contributed by atoms with Crippen LogP contribution in [0, 0.1) is 40.4 Å². The third kappa shape index (κ3) is 4.09. The van der Waals surface area contributed by atoms with E-state index in [2.05, 4.69) is 44.0 Å². The predicted octanol–water partition coefficient (Wildman–Crippen LogP) is 7.57. The zero-order chi connectivity index (χ0) is 26.9. The number of aliphatic hydroxyl groups is 1. The first-order valence-corrected chi connectivity index (χ1v) is 15.7. The Labute approximate surface area is 233 Å². The molecular weight excluding hydrogens is 484 g/mol. The molecule has 2 aromatic rings. The quantitative estimate of drug-likeness (QED) is 0.404. The lowest BCUT2D eigenvalue weighted by Crippen LogP contribution is -2.51. The number of rotatable bonds is 5. The minimum Gasteiger partial charge on any atom is -0.420 e. The SMILES string of the molecule is C[C@H]1[C@H]2[C@H](C[C@H]3[C@@H]4CC=C5C[C@@H](O)CC[C@]5(C)[C@H]4CC[C@]23C)O[C@@H]1CC[C@@H](C)c1nnc(-c2ccccc2)o1. The number of aromatic nitrogens is 2. The molecule has 5 aliphatic rings. The highest BCUT2D eigenvalue weighted by molar-refractivity contribution is 5.51. The number of benzene rings is 1. The molecule has 0 radical (unpaired) electrons. The number of fused-ring (bicyclic) bond motifs is 7. The molecule has 0 spiro atoms. The van der Waals surface area contributed by atoms with Crippen LogP contribution in [0.4, 0.5) is 0 Å². The van der Waals surface area contributed by atoms with Crippen molar-refractivity contribution in [1.29, 1.82) is 0 Å². The molecule has 1 aromatic heterocycles. The number of aliphatic hydroxyl groups excluding tert-OH is 1. The van der Waals surface area contributed by atoms with E-state index in [9.17, 15) is 5.11 Å². The summed E-state index contributed by atoms with van der Waals surface area (Å²) in [4.78, 5) is 0. The van der Waals surface area contributed by atoms with Gasteiger partial charge in [0, 0.05) is 11.5 Å².